The second-order valence-electron chi connectivity index (χ2n) is 12.2. The van der Waals surface area contributed by atoms with Crippen LogP contribution < -0.4 is 30.0 Å². The van der Waals surface area contributed by atoms with Crippen molar-refractivity contribution in [2.24, 2.45) is 0 Å². The summed E-state index contributed by atoms with van der Waals surface area (Å²) in [6, 6.07) is 14.1. The van der Waals surface area contributed by atoms with Gasteiger partial charge in [0, 0.05) is 82.6 Å². The van der Waals surface area contributed by atoms with E-state index >= 15 is 0 Å². The third-order valence-electron chi connectivity index (χ3n) is 9.12. The molecule has 2 aromatic carbocycles. The number of hydrazine groups is 1. The number of aromatic nitrogens is 2. The van der Waals surface area contributed by atoms with Crippen LogP contribution in [0.4, 0.5) is 16.3 Å². The SMILES string of the molecule is COCCOc1cc2c(N3CCN(C(=O)NN4CCN(c5ccc(C#N)cc5)CC4)CC3)ncnc2cc1OCCC1CCCCN1. The van der Waals surface area contributed by atoms with Gasteiger partial charge in [-0.1, -0.05) is 6.42 Å². The summed E-state index contributed by atoms with van der Waals surface area (Å²) >= 11 is 0. The third-order valence-corrected chi connectivity index (χ3v) is 9.12. The van der Waals surface area contributed by atoms with E-state index in [1.54, 1.807) is 13.4 Å². The fraction of sp³-hybridized carbons (Fsp3) is 0.529. The topological polar surface area (TPSA) is 131 Å². The number of hydrogen-bond donors (Lipinski definition) is 2. The molecule has 1 unspecified atom stereocenters. The maximum absolute atomic E-state index is 13.2. The van der Waals surface area contributed by atoms with E-state index in [9.17, 15) is 4.79 Å². The summed E-state index contributed by atoms with van der Waals surface area (Å²) in [7, 11) is 1.66. The normalized spacial score (nSPS) is 19.0. The van der Waals surface area contributed by atoms with Gasteiger partial charge in [-0.25, -0.2) is 19.8 Å². The average molecular weight is 644 g/mol. The largest absolute Gasteiger partial charge is 0.490 e. The first-order chi connectivity index (χ1) is 23.1. The molecule has 3 aliphatic rings. The van der Waals surface area contributed by atoms with Gasteiger partial charge in [-0.2, -0.15) is 5.26 Å². The fourth-order valence-corrected chi connectivity index (χ4v) is 6.40. The summed E-state index contributed by atoms with van der Waals surface area (Å²) < 4.78 is 17.6. The standard InChI is InChI=1S/C34H45N9O4/c1-45-20-21-47-31-22-29-30(23-32(31)46-19-9-27-4-2-3-10-36-27)37-25-38-33(29)41-11-13-42(14-12-41)34(44)39-43-17-15-40(16-18-43)28-7-5-26(24-35)6-8-28/h5-8,22-23,25,27,36H,2-4,9-21H2,1H3,(H,39,44). The molecule has 2 amide bonds. The first-order valence-electron chi connectivity index (χ1n) is 16.7. The van der Waals surface area contributed by atoms with E-state index in [-0.39, 0.29) is 6.03 Å². The molecule has 2 N–H and O–H groups in total. The number of methoxy groups -OCH3 is 1. The summed E-state index contributed by atoms with van der Waals surface area (Å²) in [6.45, 7) is 8.03. The predicted octanol–water partition coefficient (Wildman–Crippen LogP) is 3.01. The van der Waals surface area contributed by atoms with Crippen LogP contribution >= 0.6 is 0 Å². The lowest BCUT2D eigenvalue weighted by molar-refractivity contribution is 0.138. The van der Waals surface area contributed by atoms with Gasteiger partial charge in [-0.3, -0.25) is 5.43 Å². The predicted molar refractivity (Wildman–Crippen MR) is 180 cm³/mol. The van der Waals surface area contributed by atoms with Gasteiger partial charge in [-0.05, 0) is 56.1 Å². The molecule has 6 rings (SSSR count). The van der Waals surface area contributed by atoms with E-state index < -0.39 is 0 Å². The monoisotopic (exact) mass is 643 g/mol. The Bertz CT molecular complexity index is 1510. The van der Waals surface area contributed by atoms with Crippen LogP contribution in [0.1, 0.15) is 31.2 Å². The molecule has 3 aromatic rings. The highest BCUT2D eigenvalue weighted by Gasteiger charge is 2.26. The number of amides is 2. The van der Waals surface area contributed by atoms with E-state index in [2.05, 4.69) is 36.6 Å². The number of ether oxygens (including phenoxy) is 3. The molecule has 1 aromatic heterocycles. The summed E-state index contributed by atoms with van der Waals surface area (Å²) in [5.41, 5.74) is 5.64. The number of urea groups is 1. The first kappa shape index (κ1) is 32.6. The van der Waals surface area contributed by atoms with Crippen LogP contribution in [0.15, 0.2) is 42.7 Å². The number of anilines is 2. The molecule has 1 atom stereocenters. The fourth-order valence-electron chi connectivity index (χ4n) is 6.40. The summed E-state index contributed by atoms with van der Waals surface area (Å²) in [6.07, 6.45) is 6.22. The van der Waals surface area contributed by atoms with Gasteiger partial charge in [0.2, 0.25) is 0 Å². The highest BCUT2D eigenvalue weighted by Crippen LogP contribution is 2.36. The summed E-state index contributed by atoms with van der Waals surface area (Å²) in [5.74, 6) is 2.15. The molecule has 13 heteroatoms. The Kier molecular flexibility index (Phi) is 11.0. The zero-order valence-corrected chi connectivity index (χ0v) is 27.2. The number of piperidine rings is 1. The van der Waals surface area contributed by atoms with Gasteiger partial charge in [0.05, 0.1) is 30.4 Å². The average Bonchev–Trinajstić information content (AvgIpc) is 3.12. The van der Waals surface area contributed by atoms with E-state index in [0.29, 0.717) is 69.1 Å². The number of nitriles is 1. The molecule has 3 saturated heterocycles. The van der Waals surface area contributed by atoms with Gasteiger partial charge in [0.1, 0.15) is 18.8 Å². The number of carbonyl (C=O) groups is 1. The second kappa shape index (κ2) is 15.9. The number of rotatable bonds is 11. The molecular weight excluding hydrogens is 598 g/mol. The second-order valence-corrected chi connectivity index (χ2v) is 12.2. The van der Waals surface area contributed by atoms with Gasteiger partial charge in [0.25, 0.3) is 0 Å². The molecule has 0 aliphatic carbocycles. The van der Waals surface area contributed by atoms with Crippen molar-refractivity contribution in [2.75, 3.05) is 95.6 Å². The Balaban J connectivity index is 1.04. The van der Waals surface area contributed by atoms with Crippen LogP contribution in [0.25, 0.3) is 10.9 Å². The van der Waals surface area contributed by atoms with Crippen LogP contribution in [-0.2, 0) is 4.74 Å². The molecule has 13 nitrogen and oxygen atoms in total. The lowest BCUT2D eigenvalue weighted by Crippen LogP contribution is -2.59. The molecule has 47 heavy (non-hydrogen) atoms. The summed E-state index contributed by atoms with van der Waals surface area (Å²) in [4.78, 5) is 28.7. The molecule has 4 heterocycles. The van der Waals surface area contributed by atoms with Crippen LogP contribution in [-0.4, -0.2) is 118 Å². The van der Waals surface area contributed by atoms with Crippen molar-refractivity contribution in [3.8, 4) is 17.6 Å². The molecular formula is C34H45N9O4. The van der Waals surface area contributed by atoms with E-state index in [4.69, 9.17) is 19.5 Å². The molecule has 0 radical (unpaired) electrons. The summed E-state index contributed by atoms with van der Waals surface area (Å²) in [5, 5.41) is 15.5. The van der Waals surface area contributed by atoms with Crippen molar-refractivity contribution in [3.63, 3.8) is 0 Å². The molecule has 0 spiro atoms. The maximum atomic E-state index is 13.2. The van der Waals surface area contributed by atoms with Crippen LogP contribution in [0, 0.1) is 11.3 Å². The Morgan fingerprint density at radius 1 is 0.936 bits per heavy atom. The Morgan fingerprint density at radius 2 is 1.68 bits per heavy atom. The number of nitrogens with one attached hydrogen (secondary N) is 2. The van der Waals surface area contributed by atoms with Crippen molar-refractivity contribution in [2.45, 2.75) is 31.7 Å². The number of fused-ring (bicyclic) bond motifs is 1. The van der Waals surface area contributed by atoms with Crippen LogP contribution in [0.2, 0.25) is 0 Å². The minimum atomic E-state index is -0.0805. The van der Waals surface area contributed by atoms with Crippen molar-refractivity contribution in [1.29, 1.82) is 5.26 Å². The highest BCUT2D eigenvalue weighted by atomic mass is 16.5. The van der Waals surface area contributed by atoms with Crippen LogP contribution in [0.5, 0.6) is 11.5 Å². The number of carbonyl (C=O) groups excluding carboxylic acids is 1. The zero-order valence-electron chi connectivity index (χ0n) is 27.2. The van der Waals surface area contributed by atoms with Gasteiger partial charge >= 0.3 is 6.03 Å². The zero-order chi connectivity index (χ0) is 32.4. The smallest absolute Gasteiger partial charge is 0.332 e. The van der Waals surface area contributed by atoms with Crippen LogP contribution in [0.3, 0.4) is 0 Å². The molecule has 0 bridgehead atoms. The molecule has 0 saturated carbocycles. The van der Waals surface area contributed by atoms with E-state index in [1.165, 1.54) is 19.3 Å². The number of nitrogens with zero attached hydrogens (tertiary/aromatic N) is 7. The van der Waals surface area contributed by atoms with E-state index in [0.717, 1.165) is 61.6 Å². The minimum Gasteiger partial charge on any atom is -0.490 e. The number of piperazine rings is 2. The molecule has 3 fully saturated rings. The lowest BCUT2D eigenvalue weighted by atomic mass is 10.0. The quantitative estimate of drug-likeness (QED) is 0.299. The molecule has 3 aliphatic heterocycles. The van der Waals surface area contributed by atoms with Crippen molar-refractivity contribution >= 4 is 28.4 Å². The van der Waals surface area contributed by atoms with Crippen molar-refractivity contribution in [3.05, 3.63) is 48.3 Å². The van der Waals surface area contributed by atoms with E-state index in [1.807, 2.05) is 46.3 Å². The highest BCUT2D eigenvalue weighted by molar-refractivity contribution is 5.92. The lowest BCUT2D eigenvalue weighted by Gasteiger charge is -2.39. The van der Waals surface area contributed by atoms with Gasteiger partial charge in [-0.15, -0.1) is 0 Å². The first-order valence-corrected chi connectivity index (χ1v) is 16.7. The minimum absolute atomic E-state index is 0.0805. The van der Waals surface area contributed by atoms with Crippen molar-refractivity contribution in [1.82, 2.24) is 30.6 Å². The Labute approximate surface area is 276 Å². The third kappa shape index (κ3) is 8.32. The molecule has 250 valence electrons. The van der Waals surface area contributed by atoms with Gasteiger partial charge < -0.3 is 34.2 Å². The maximum Gasteiger partial charge on any atom is 0.332 e. The van der Waals surface area contributed by atoms with Gasteiger partial charge in [0.15, 0.2) is 11.5 Å². The number of benzene rings is 2. The Morgan fingerprint density at radius 3 is 2.40 bits per heavy atom. The van der Waals surface area contributed by atoms with Crippen molar-refractivity contribution < 1.29 is 19.0 Å². The Hall–Kier alpha value is -4.38. The number of hydrogen-bond acceptors (Lipinski definition) is 11.